The first-order valence-corrected chi connectivity index (χ1v) is 4.52. The molecule has 0 aliphatic heterocycles. The summed E-state index contributed by atoms with van der Waals surface area (Å²) in [5, 5.41) is 10.4. The second kappa shape index (κ2) is 4.56. The fraction of sp³-hybridized carbons (Fsp3) is 0.273. The number of benzene rings is 1. The van der Waals surface area contributed by atoms with Crippen molar-refractivity contribution >= 4 is 5.57 Å². The highest BCUT2D eigenvalue weighted by molar-refractivity contribution is 5.65. The zero-order valence-electron chi connectivity index (χ0n) is 8.31. The maximum atomic E-state index is 10.4. The summed E-state index contributed by atoms with van der Waals surface area (Å²) >= 11 is 0. The van der Waals surface area contributed by atoms with Crippen molar-refractivity contribution in [2.24, 2.45) is 5.92 Å². The third-order valence-corrected chi connectivity index (χ3v) is 1.97. The lowest BCUT2D eigenvalue weighted by atomic mass is 9.96. The first-order valence-electron chi connectivity index (χ1n) is 4.52. The standard InChI is InChI=1S/C11H13NO2/c1-9(2)11(8-12(13)14)10-6-4-3-5-7-10/h3-9H,1-2H3. The van der Waals surface area contributed by atoms with E-state index in [2.05, 4.69) is 0 Å². The van der Waals surface area contributed by atoms with Crippen LogP contribution < -0.4 is 0 Å². The summed E-state index contributed by atoms with van der Waals surface area (Å²) in [6.07, 6.45) is 1.08. The largest absolute Gasteiger partial charge is 0.259 e. The predicted molar refractivity (Wildman–Crippen MR) is 56.3 cm³/mol. The molecule has 74 valence electrons. The van der Waals surface area contributed by atoms with Crippen LogP contribution in [-0.4, -0.2) is 4.92 Å². The topological polar surface area (TPSA) is 43.1 Å². The van der Waals surface area contributed by atoms with Crippen LogP contribution in [0.2, 0.25) is 0 Å². The Hall–Kier alpha value is -1.64. The number of allylic oxidation sites excluding steroid dienone is 1. The van der Waals surface area contributed by atoms with Crippen molar-refractivity contribution in [2.75, 3.05) is 0 Å². The Morgan fingerprint density at radius 1 is 1.36 bits per heavy atom. The minimum Gasteiger partial charge on any atom is -0.259 e. The van der Waals surface area contributed by atoms with Gasteiger partial charge >= 0.3 is 0 Å². The lowest BCUT2D eigenvalue weighted by Crippen LogP contribution is -1.97. The molecular formula is C11H13NO2. The van der Waals surface area contributed by atoms with E-state index in [1.165, 1.54) is 0 Å². The van der Waals surface area contributed by atoms with Crippen molar-refractivity contribution in [3.05, 3.63) is 52.2 Å². The number of nitro groups is 1. The highest BCUT2D eigenvalue weighted by Crippen LogP contribution is 2.22. The molecule has 0 bridgehead atoms. The molecular weight excluding hydrogens is 178 g/mol. The van der Waals surface area contributed by atoms with E-state index in [1.54, 1.807) is 0 Å². The van der Waals surface area contributed by atoms with Crippen molar-refractivity contribution in [3.8, 4) is 0 Å². The molecule has 1 aromatic rings. The van der Waals surface area contributed by atoms with Crippen molar-refractivity contribution in [1.29, 1.82) is 0 Å². The fourth-order valence-electron chi connectivity index (χ4n) is 1.30. The van der Waals surface area contributed by atoms with Crippen LogP contribution in [0.3, 0.4) is 0 Å². The Morgan fingerprint density at radius 3 is 2.36 bits per heavy atom. The number of hydrogen-bond donors (Lipinski definition) is 0. The van der Waals surface area contributed by atoms with E-state index in [9.17, 15) is 10.1 Å². The summed E-state index contributed by atoms with van der Waals surface area (Å²) in [4.78, 5) is 10.0. The molecule has 0 saturated heterocycles. The first-order chi connectivity index (χ1) is 6.61. The van der Waals surface area contributed by atoms with Gasteiger partial charge in [0.15, 0.2) is 0 Å². The molecule has 0 N–H and O–H groups in total. The smallest absolute Gasteiger partial charge is 0.238 e. The van der Waals surface area contributed by atoms with Gasteiger partial charge in [0.2, 0.25) is 6.20 Å². The molecule has 1 rings (SSSR count). The van der Waals surface area contributed by atoms with E-state index >= 15 is 0 Å². The fourth-order valence-corrected chi connectivity index (χ4v) is 1.30. The molecule has 0 spiro atoms. The average molecular weight is 191 g/mol. The van der Waals surface area contributed by atoms with Gasteiger partial charge in [-0.3, -0.25) is 10.1 Å². The van der Waals surface area contributed by atoms with Gasteiger partial charge in [-0.2, -0.15) is 0 Å². The van der Waals surface area contributed by atoms with Crippen LogP contribution in [0.1, 0.15) is 19.4 Å². The molecule has 0 atom stereocenters. The van der Waals surface area contributed by atoms with Crippen LogP contribution >= 0.6 is 0 Å². The molecule has 3 heteroatoms. The summed E-state index contributed by atoms with van der Waals surface area (Å²) < 4.78 is 0. The van der Waals surface area contributed by atoms with E-state index in [0.717, 1.165) is 17.3 Å². The second-order valence-corrected chi connectivity index (χ2v) is 3.39. The van der Waals surface area contributed by atoms with Crippen LogP contribution in [0.5, 0.6) is 0 Å². The maximum Gasteiger partial charge on any atom is 0.238 e. The van der Waals surface area contributed by atoms with Crippen molar-refractivity contribution in [3.63, 3.8) is 0 Å². The maximum absolute atomic E-state index is 10.4. The van der Waals surface area contributed by atoms with E-state index in [1.807, 2.05) is 44.2 Å². The van der Waals surface area contributed by atoms with Gasteiger partial charge in [0.25, 0.3) is 0 Å². The summed E-state index contributed by atoms with van der Waals surface area (Å²) in [5.41, 5.74) is 1.68. The van der Waals surface area contributed by atoms with E-state index in [0.29, 0.717) is 0 Å². The SMILES string of the molecule is CC(C)C(=C[N+](=O)[O-])c1ccccc1. The van der Waals surface area contributed by atoms with E-state index in [4.69, 9.17) is 0 Å². The number of nitrogens with zero attached hydrogens (tertiary/aromatic N) is 1. The minimum atomic E-state index is -0.400. The molecule has 0 aromatic heterocycles. The van der Waals surface area contributed by atoms with Crippen LogP contribution in [0.4, 0.5) is 0 Å². The third kappa shape index (κ3) is 2.69. The monoisotopic (exact) mass is 191 g/mol. The zero-order valence-corrected chi connectivity index (χ0v) is 8.31. The molecule has 0 unspecified atom stereocenters. The summed E-state index contributed by atoms with van der Waals surface area (Å²) in [7, 11) is 0. The van der Waals surface area contributed by atoms with Crippen LogP contribution in [0.25, 0.3) is 5.57 Å². The molecule has 0 fully saturated rings. The summed E-state index contributed by atoms with van der Waals surface area (Å²) in [6, 6.07) is 9.43. The van der Waals surface area contributed by atoms with Gasteiger partial charge < -0.3 is 0 Å². The Kier molecular flexibility index (Phi) is 3.40. The molecule has 3 nitrogen and oxygen atoms in total. The molecule has 14 heavy (non-hydrogen) atoms. The van der Waals surface area contributed by atoms with Crippen molar-refractivity contribution in [1.82, 2.24) is 0 Å². The van der Waals surface area contributed by atoms with Gasteiger partial charge in [0.05, 0.1) is 4.92 Å². The van der Waals surface area contributed by atoms with Gasteiger partial charge in [-0.15, -0.1) is 0 Å². The highest BCUT2D eigenvalue weighted by Gasteiger charge is 2.09. The lowest BCUT2D eigenvalue weighted by Gasteiger charge is -2.07. The van der Waals surface area contributed by atoms with Gasteiger partial charge in [0, 0.05) is 5.57 Å². The Bertz CT molecular complexity index is 342. The van der Waals surface area contributed by atoms with Crippen molar-refractivity contribution in [2.45, 2.75) is 13.8 Å². The molecule has 0 saturated carbocycles. The number of hydrogen-bond acceptors (Lipinski definition) is 2. The molecule has 0 amide bonds. The Balaban J connectivity index is 3.08. The van der Waals surface area contributed by atoms with Crippen molar-refractivity contribution < 1.29 is 4.92 Å². The second-order valence-electron chi connectivity index (χ2n) is 3.39. The molecule has 0 aliphatic carbocycles. The Labute approximate surface area is 83.2 Å². The van der Waals surface area contributed by atoms with Crippen LogP contribution in [0, 0.1) is 16.0 Å². The van der Waals surface area contributed by atoms with Gasteiger partial charge in [-0.05, 0) is 11.5 Å². The van der Waals surface area contributed by atoms with Crippen LogP contribution in [0.15, 0.2) is 36.5 Å². The molecule has 0 radical (unpaired) electrons. The van der Waals surface area contributed by atoms with Gasteiger partial charge in [-0.1, -0.05) is 44.2 Å². The quantitative estimate of drug-likeness (QED) is 0.544. The van der Waals surface area contributed by atoms with Gasteiger partial charge in [-0.25, -0.2) is 0 Å². The predicted octanol–water partition coefficient (Wildman–Crippen LogP) is 2.96. The first kappa shape index (κ1) is 10.4. The summed E-state index contributed by atoms with van der Waals surface area (Å²) in [6.45, 7) is 3.89. The molecule has 1 aromatic carbocycles. The van der Waals surface area contributed by atoms with E-state index < -0.39 is 4.92 Å². The summed E-state index contributed by atoms with van der Waals surface area (Å²) in [5.74, 6) is 0.155. The van der Waals surface area contributed by atoms with Crippen LogP contribution in [-0.2, 0) is 0 Å². The lowest BCUT2D eigenvalue weighted by molar-refractivity contribution is -0.401. The highest BCUT2D eigenvalue weighted by atomic mass is 16.6. The average Bonchev–Trinajstić information content (AvgIpc) is 2.15. The number of rotatable bonds is 3. The molecule has 0 aliphatic rings. The third-order valence-electron chi connectivity index (χ3n) is 1.97. The van der Waals surface area contributed by atoms with Gasteiger partial charge in [0.1, 0.15) is 0 Å². The Morgan fingerprint density at radius 2 is 1.93 bits per heavy atom. The zero-order chi connectivity index (χ0) is 10.6. The molecule has 0 heterocycles. The normalized spacial score (nSPS) is 11.8. The minimum absolute atomic E-state index is 0.155. The van der Waals surface area contributed by atoms with E-state index in [-0.39, 0.29) is 5.92 Å².